The summed E-state index contributed by atoms with van der Waals surface area (Å²) < 4.78 is 13.0. The Hall–Kier alpha value is -1.80. The standard InChI is InChI=1S/C16H19ClFN3O/c1-4-16(3,5-2)13-11(17)8-20-15(12(13)14(19)22)21-10-6-9(18)7-10/h1,8-10H,5-7H2,2-3H3,(H2,19,22)(H,20,21). The summed E-state index contributed by atoms with van der Waals surface area (Å²) in [4.78, 5) is 16.1. The molecule has 1 heterocycles. The summed E-state index contributed by atoms with van der Waals surface area (Å²) in [5.41, 5.74) is 5.49. The summed E-state index contributed by atoms with van der Waals surface area (Å²) in [7, 11) is 0. The van der Waals surface area contributed by atoms with Gasteiger partial charge in [-0.2, -0.15) is 0 Å². The SMILES string of the molecule is C#CC(C)(CC)c1c(Cl)cnc(NC2CC(F)C2)c1C(N)=O. The third kappa shape index (κ3) is 2.89. The highest BCUT2D eigenvalue weighted by Gasteiger charge is 2.34. The molecule has 0 radical (unpaired) electrons. The quantitative estimate of drug-likeness (QED) is 0.818. The maximum atomic E-state index is 13.0. The molecule has 22 heavy (non-hydrogen) atoms. The summed E-state index contributed by atoms with van der Waals surface area (Å²) in [5.74, 6) is 2.35. The molecule has 3 N–H and O–H groups in total. The average Bonchev–Trinajstić information content (AvgIpc) is 2.45. The summed E-state index contributed by atoms with van der Waals surface area (Å²) in [6.45, 7) is 3.74. The van der Waals surface area contributed by atoms with Crippen molar-refractivity contribution in [3.05, 3.63) is 22.3 Å². The smallest absolute Gasteiger partial charge is 0.252 e. The number of alkyl halides is 1. The van der Waals surface area contributed by atoms with Crippen LogP contribution in [0.3, 0.4) is 0 Å². The molecule has 0 bridgehead atoms. The first-order valence-electron chi connectivity index (χ1n) is 7.19. The molecular weight excluding hydrogens is 305 g/mol. The van der Waals surface area contributed by atoms with E-state index in [2.05, 4.69) is 16.2 Å². The molecule has 1 fully saturated rings. The lowest BCUT2D eigenvalue weighted by molar-refractivity contribution is 0.0998. The number of nitrogens with one attached hydrogen (secondary N) is 1. The first-order chi connectivity index (χ1) is 10.3. The molecule has 6 heteroatoms. The van der Waals surface area contributed by atoms with Gasteiger partial charge in [-0.1, -0.05) is 24.4 Å². The second-order valence-electron chi connectivity index (χ2n) is 5.81. The van der Waals surface area contributed by atoms with Crippen LogP contribution in [-0.4, -0.2) is 23.1 Å². The number of amides is 1. The van der Waals surface area contributed by atoms with Gasteiger partial charge in [-0.3, -0.25) is 4.79 Å². The topological polar surface area (TPSA) is 68.0 Å². The predicted octanol–water partition coefficient (Wildman–Crippen LogP) is 3.05. The molecule has 4 nitrogen and oxygen atoms in total. The summed E-state index contributed by atoms with van der Waals surface area (Å²) in [5, 5.41) is 3.37. The number of halogens is 2. The van der Waals surface area contributed by atoms with Gasteiger partial charge in [-0.05, 0) is 26.2 Å². The zero-order valence-corrected chi connectivity index (χ0v) is 13.4. The third-order valence-electron chi connectivity index (χ3n) is 4.28. The average molecular weight is 324 g/mol. The number of carbonyl (C=O) groups excluding carboxylic acids is 1. The number of carbonyl (C=O) groups is 1. The van der Waals surface area contributed by atoms with Gasteiger partial charge in [0.25, 0.3) is 5.91 Å². The van der Waals surface area contributed by atoms with Gasteiger partial charge in [-0.15, -0.1) is 6.42 Å². The number of nitrogens with two attached hydrogens (primary N) is 1. The highest BCUT2D eigenvalue weighted by molar-refractivity contribution is 6.32. The number of anilines is 1. The Kier molecular flexibility index (Phi) is 4.62. The molecular formula is C16H19ClFN3O. The maximum Gasteiger partial charge on any atom is 0.252 e. The van der Waals surface area contributed by atoms with Crippen LogP contribution < -0.4 is 11.1 Å². The van der Waals surface area contributed by atoms with Crippen LogP contribution in [0.25, 0.3) is 0 Å². The third-order valence-corrected chi connectivity index (χ3v) is 4.56. The molecule has 0 aliphatic heterocycles. The number of rotatable bonds is 5. The number of primary amides is 1. The molecule has 0 saturated heterocycles. The predicted molar refractivity (Wildman–Crippen MR) is 85.8 cm³/mol. The van der Waals surface area contributed by atoms with Gasteiger partial charge in [0, 0.05) is 17.8 Å². The van der Waals surface area contributed by atoms with Crippen LogP contribution in [0.15, 0.2) is 6.20 Å². The van der Waals surface area contributed by atoms with Crippen LogP contribution >= 0.6 is 11.6 Å². The fourth-order valence-corrected chi connectivity index (χ4v) is 2.94. The number of hydrogen-bond acceptors (Lipinski definition) is 3. The lowest BCUT2D eigenvalue weighted by atomic mass is 9.78. The van der Waals surface area contributed by atoms with E-state index in [4.69, 9.17) is 23.8 Å². The Morgan fingerprint density at radius 1 is 1.68 bits per heavy atom. The molecule has 1 aliphatic rings. The normalized spacial score (nSPS) is 23.0. The zero-order valence-electron chi connectivity index (χ0n) is 12.6. The lowest BCUT2D eigenvalue weighted by Gasteiger charge is -2.32. The van der Waals surface area contributed by atoms with Crippen molar-refractivity contribution in [1.29, 1.82) is 0 Å². The van der Waals surface area contributed by atoms with E-state index in [9.17, 15) is 9.18 Å². The Bertz CT molecular complexity index is 637. The van der Waals surface area contributed by atoms with Gasteiger partial charge in [0.1, 0.15) is 12.0 Å². The van der Waals surface area contributed by atoms with Crippen molar-refractivity contribution in [1.82, 2.24) is 4.98 Å². The number of hydrogen-bond donors (Lipinski definition) is 2. The van der Waals surface area contributed by atoms with E-state index in [0.717, 1.165) is 0 Å². The van der Waals surface area contributed by atoms with Crippen LogP contribution in [0, 0.1) is 12.3 Å². The molecule has 1 aromatic rings. The van der Waals surface area contributed by atoms with E-state index in [1.807, 2.05) is 13.8 Å². The van der Waals surface area contributed by atoms with Crippen molar-refractivity contribution in [3.8, 4) is 12.3 Å². The summed E-state index contributed by atoms with van der Waals surface area (Å²) in [6.07, 6.45) is 7.64. The van der Waals surface area contributed by atoms with Crippen molar-refractivity contribution >= 4 is 23.3 Å². The minimum absolute atomic E-state index is 0.0617. The van der Waals surface area contributed by atoms with Crippen LogP contribution in [0.1, 0.15) is 49.0 Å². The second-order valence-corrected chi connectivity index (χ2v) is 6.22. The van der Waals surface area contributed by atoms with Crippen LogP contribution in [0.2, 0.25) is 5.02 Å². The molecule has 1 aliphatic carbocycles. The minimum Gasteiger partial charge on any atom is -0.366 e. The van der Waals surface area contributed by atoms with Crippen LogP contribution in [-0.2, 0) is 5.41 Å². The highest BCUT2D eigenvalue weighted by atomic mass is 35.5. The highest BCUT2D eigenvalue weighted by Crippen LogP contribution is 2.38. The Balaban J connectivity index is 2.52. The van der Waals surface area contributed by atoms with E-state index in [1.54, 1.807) is 0 Å². The van der Waals surface area contributed by atoms with Crippen LogP contribution in [0.4, 0.5) is 10.2 Å². The van der Waals surface area contributed by atoms with Crippen molar-refractivity contribution in [2.24, 2.45) is 5.73 Å². The molecule has 0 aromatic carbocycles. The first kappa shape index (κ1) is 16.6. The van der Waals surface area contributed by atoms with E-state index in [-0.39, 0.29) is 11.6 Å². The molecule has 0 spiro atoms. The monoisotopic (exact) mass is 323 g/mol. The van der Waals surface area contributed by atoms with Gasteiger partial charge in [0.15, 0.2) is 0 Å². The Morgan fingerprint density at radius 2 is 2.32 bits per heavy atom. The minimum atomic E-state index is -0.812. The van der Waals surface area contributed by atoms with E-state index < -0.39 is 17.5 Å². The lowest BCUT2D eigenvalue weighted by Crippen LogP contribution is -2.38. The second kappa shape index (κ2) is 6.13. The van der Waals surface area contributed by atoms with Gasteiger partial charge in [0.05, 0.1) is 16.0 Å². The van der Waals surface area contributed by atoms with Crippen molar-refractivity contribution < 1.29 is 9.18 Å². The van der Waals surface area contributed by atoms with E-state index >= 15 is 0 Å². The number of pyridine rings is 1. The molecule has 1 unspecified atom stereocenters. The van der Waals surface area contributed by atoms with Gasteiger partial charge < -0.3 is 11.1 Å². The molecule has 1 saturated carbocycles. The fraction of sp³-hybridized carbons (Fsp3) is 0.500. The number of nitrogens with zero attached hydrogens (tertiary/aromatic N) is 1. The number of terminal acetylenes is 1. The first-order valence-corrected chi connectivity index (χ1v) is 7.57. The Morgan fingerprint density at radius 3 is 2.77 bits per heavy atom. The van der Waals surface area contributed by atoms with Crippen LogP contribution in [0.5, 0.6) is 0 Å². The fourth-order valence-electron chi connectivity index (χ4n) is 2.59. The van der Waals surface area contributed by atoms with Crippen molar-refractivity contribution in [3.63, 3.8) is 0 Å². The van der Waals surface area contributed by atoms with Gasteiger partial charge >= 0.3 is 0 Å². The molecule has 2 rings (SSSR count). The summed E-state index contributed by atoms with van der Waals surface area (Å²) in [6, 6.07) is -0.0617. The molecule has 1 atom stereocenters. The number of aromatic nitrogens is 1. The van der Waals surface area contributed by atoms with Crippen molar-refractivity contribution in [2.75, 3.05) is 5.32 Å². The van der Waals surface area contributed by atoms with E-state index in [1.165, 1.54) is 6.20 Å². The molecule has 1 aromatic heterocycles. The van der Waals surface area contributed by atoms with Crippen molar-refractivity contribution in [2.45, 2.75) is 50.7 Å². The molecule has 118 valence electrons. The summed E-state index contributed by atoms with van der Waals surface area (Å²) >= 11 is 6.24. The Labute approximate surface area is 134 Å². The maximum absolute atomic E-state index is 13.0. The van der Waals surface area contributed by atoms with E-state index in [0.29, 0.717) is 35.7 Å². The largest absolute Gasteiger partial charge is 0.366 e. The molecule has 1 amide bonds. The van der Waals surface area contributed by atoms with Gasteiger partial charge in [-0.25, -0.2) is 9.37 Å². The van der Waals surface area contributed by atoms with Gasteiger partial charge in [0.2, 0.25) is 0 Å². The zero-order chi connectivity index (χ0) is 16.5.